The summed E-state index contributed by atoms with van der Waals surface area (Å²) in [6.07, 6.45) is 7.81. The largest absolute Gasteiger partial charge is 0.322 e. The zero-order chi connectivity index (χ0) is 16.8. The molecule has 0 saturated heterocycles. The molecular weight excluding hydrogens is 330 g/mol. The van der Waals surface area contributed by atoms with Crippen LogP contribution >= 0.6 is 23.1 Å². The molecule has 0 spiro atoms. The van der Waals surface area contributed by atoms with Gasteiger partial charge in [0.15, 0.2) is 0 Å². The third-order valence-corrected chi connectivity index (χ3v) is 4.94. The Kier molecular flexibility index (Phi) is 5.93. The number of aromatic nitrogens is 1. The third-order valence-electron chi connectivity index (χ3n) is 3.15. The van der Waals surface area contributed by atoms with Crippen LogP contribution in [0.15, 0.2) is 35.7 Å². The Morgan fingerprint density at radius 2 is 2.26 bits per heavy atom. The van der Waals surface area contributed by atoms with Crippen LogP contribution in [0.1, 0.15) is 29.2 Å². The number of hydrogen-bond acceptors (Lipinski definition) is 6. The molecule has 1 aromatic carbocycles. The van der Waals surface area contributed by atoms with Gasteiger partial charge in [0.05, 0.1) is 21.6 Å². The number of nitro benzene ring substituents is 1. The second kappa shape index (κ2) is 7.92. The molecule has 0 aliphatic heterocycles. The highest BCUT2D eigenvalue weighted by atomic mass is 32.2. The number of hydrogen-bond donors (Lipinski definition) is 1. The number of thioether (sulfide) groups is 1. The van der Waals surface area contributed by atoms with E-state index < -0.39 is 4.92 Å². The number of allylic oxidation sites excluding steroid dienone is 1. The first-order valence-electron chi connectivity index (χ1n) is 6.78. The molecular formula is C16H15N3O2S2. The van der Waals surface area contributed by atoms with E-state index in [2.05, 4.69) is 10.2 Å². The molecule has 2 rings (SSSR count). The fraction of sp³-hybridized carbons (Fsp3) is 0.188. The van der Waals surface area contributed by atoms with Crippen molar-refractivity contribution < 1.29 is 4.92 Å². The number of nitro groups is 1. The van der Waals surface area contributed by atoms with Crippen LogP contribution in [-0.2, 0) is 6.42 Å². The van der Waals surface area contributed by atoms with Crippen LogP contribution in [0.3, 0.4) is 0 Å². The Bertz CT molecular complexity index is 760. The highest BCUT2D eigenvalue weighted by Gasteiger charge is 2.14. The van der Waals surface area contributed by atoms with Crippen molar-refractivity contribution >= 4 is 33.7 Å². The van der Waals surface area contributed by atoms with Crippen LogP contribution < -0.4 is 5.73 Å². The normalized spacial score (nSPS) is 12.7. The molecule has 1 atom stereocenters. The van der Waals surface area contributed by atoms with Crippen LogP contribution in [0.4, 0.5) is 5.69 Å². The Morgan fingerprint density at radius 1 is 1.57 bits per heavy atom. The monoisotopic (exact) mass is 345 g/mol. The maximum Gasteiger partial charge on any atom is 0.269 e. The minimum Gasteiger partial charge on any atom is -0.322 e. The van der Waals surface area contributed by atoms with Crippen molar-refractivity contribution in [3.05, 3.63) is 62.1 Å². The SMILES string of the molecule is C#CS/C(=C\C)c1nc([C@@H](N)Cc2ccc([N+](=O)[O-])cc2)cs1. The van der Waals surface area contributed by atoms with Crippen molar-refractivity contribution in [3.8, 4) is 11.7 Å². The first-order valence-corrected chi connectivity index (χ1v) is 8.48. The molecule has 0 radical (unpaired) electrons. The van der Waals surface area contributed by atoms with E-state index in [9.17, 15) is 10.1 Å². The zero-order valence-corrected chi connectivity index (χ0v) is 14.1. The smallest absolute Gasteiger partial charge is 0.269 e. The van der Waals surface area contributed by atoms with Gasteiger partial charge in [-0.1, -0.05) is 18.2 Å². The number of benzene rings is 1. The Labute approximate surface area is 142 Å². The van der Waals surface area contributed by atoms with E-state index in [1.807, 2.05) is 18.4 Å². The third kappa shape index (κ3) is 4.42. The van der Waals surface area contributed by atoms with Crippen molar-refractivity contribution in [2.75, 3.05) is 0 Å². The molecule has 0 saturated carbocycles. The molecule has 5 nitrogen and oxygen atoms in total. The van der Waals surface area contributed by atoms with Gasteiger partial charge in [-0.25, -0.2) is 4.98 Å². The van der Waals surface area contributed by atoms with Crippen LogP contribution in [0.5, 0.6) is 0 Å². The van der Waals surface area contributed by atoms with E-state index in [4.69, 9.17) is 12.2 Å². The Hall–Kier alpha value is -2.14. The molecule has 7 heteroatoms. The van der Waals surface area contributed by atoms with Crippen molar-refractivity contribution in [1.29, 1.82) is 0 Å². The van der Waals surface area contributed by atoms with Gasteiger partial charge in [-0.2, -0.15) is 0 Å². The highest BCUT2D eigenvalue weighted by Crippen LogP contribution is 2.30. The average molecular weight is 345 g/mol. The predicted octanol–water partition coefficient (Wildman–Crippen LogP) is 3.98. The fourth-order valence-electron chi connectivity index (χ4n) is 1.97. The number of nitrogens with zero attached hydrogens (tertiary/aromatic N) is 2. The van der Waals surface area contributed by atoms with Crippen LogP contribution in [0, 0.1) is 21.8 Å². The van der Waals surface area contributed by atoms with E-state index in [0.29, 0.717) is 6.42 Å². The second-order valence-electron chi connectivity index (χ2n) is 4.68. The van der Waals surface area contributed by atoms with Gasteiger partial charge in [0, 0.05) is 17.5 Å². The lowest BCUT2D eigenvalue weighted by Gasteiger charge is -2.08. The number of thiazole rings is 1. The van der Waals surface area contributed by atoms with Crippen molar-refractivity contribution in [2.24, 2.45) is 5.73 Å². The first-order chi connectivity index (χ1) is 11.0. The molecule has 2 N–H and O–H groups in total. The van der Waals surface area contributed by atoms with Crippen LogP contribution in [0.2, 0.25) is 0 Å². The summed E-state index contributed by atoms with van der Waals surface area (Å²) in [6, 6.07) is 6.13. The van der Waals surface area contributed by atoms with Gasteiger partial charge in [-0.05, 0) is 35.9 Å². The van der Waals surface area contributed by atoms with Crippen molar-refractivity contribution in [1.82, 2.24) is 4.98 Å². The zero-order valence-electron chi connectivity index (χ0n) is 12.4. The van der Waals surface area contributed by atoms with E-state index in [0.717, 1.165) is 21.2 Å². The quantitative estimate of drug-likeness (QED) is 0.486. The van der Waals surface area contributed by atoms with Crippen molar-refractivity contribution in [2.45, 2.75) is 19.4 Å². The molecule has 1 aromatic heterocycles. The summed E-state index contributed by atoms with van der Waals surface area (Å²) in [7, 11) is 0. The highest BCUT2D eigenvalue weighted by molar-refractivity contribution is 8.12. The van der Waals surface area contributed by atoms with Crippen molar-refractivity contribution in [3.63, 3.8) is 0 Å². The standard InChI is InChI=1S/C16H15N3O2S2/c1-3-15(22-4-2)16-18-14(10-23-16)13(17)9-11-5-7-12(8-6-11)19(20)21/h2-3,5-8,10,13H,9,17H2,1H3/b15-3-/t13-/m0/s1. The topological polar surface area (TPSA) is 82.0 Å². The summed E-state index contributed by atoms with van der Waals surface area (Å²) in [4.78, 5) is 15.7. The molecule has 0 aliphatic carbocycles. The van der Waals surface area contributed by atoms with E-state index >= 15 is 0 Å². The fourth-order valence-corrected chi connectivity index (χ4v) is 3.47. The lowest BCUT2D eigenvalue weighted by atomic mass is 10.0. The molecule has 0 bridgehead atoms. The molecule has 118 valence electrons. The van der Waals surface area contributed by atoms with Gasteiger partial charge in [-0.3, -0.25) is 10.1 Å². The minimum absolute atomic E-state index is 0.0716. The summed E-state index contributed by atoms with van der Waals surface area (Å²) < 4.78 is 0. The lowest BCUT2D eigenvalue weighted by Crippen LogP contribution is -2.13. The molecule has 0 fully saturated rings. The van der Waals surface area contributed by atoms with E-state index in [1.165, 1.54) is 35.2 Å². The number of nitrogens with two attached hydrogens (primary N) is 1. The van der Waals surface area contributed by atoms with Gasteiger partial charge >= 0.3 is 0 Å². The summed E-state index contributed by atoms with van der Waals surface area (Å²) >= 11 is 2.80. The van der Waals surface area contributed by atoms with Gasteiger partial charge in [0.2, 0.25) is 0 Å². The second-order valence-corrected chi connectivity index (χ2v) is 6.42. The Balaban J connectivity index is 2.09. The van der Waals surface area contributed by atoms with Gasteiger partial charge in [0.1, 0.15) is 5.01 Å². The van der Waals surface area contributed by atoms with Crippen LogP contribution in [-0.4, -0.2) is 9.91 Å². The van der Waals surface area contributed by atoms with E-state index in [-0.39, 0.29) is 11.7 Å². The number of terminal acetylenes is 1. The van der Waals surface area contributed by atoms with E-state index in [1.54, 1.807) is 12.1 Å². The molecule has 23 heavy (non-hydrogen) atoms. The number of rotatable bonds is 6. The van der Waals surface area contributed by atoms with Gasteiger partial charge in [0.25, 0.3) is 5.69 Å². The first kappa shape index (κ1) is 17.2. The maximum absolute atomic E-state index is 10.7. The molecule has 0 aliphatic rings. The number of non-ortho nitro benzene ring substituents is 1. The lowest BCUT2D eigenvalue weighted by molar-refractivity contribution is -0.384. The molecule has 0 amide bonds. The summed E-state index contributed by atoms with van der Waals surface area (Å²) in [5.41, 5.74) is 7.99. The Morgan fingerprint density at radius 3 is 2.83 bits per heavy atom. The van der Waals surface area contributed by atoms with Gasteiger partial charge < -0.3 is 5.73 Å². The summed E-state index contributed by atoms with van der Waals surface area (Å²) in [5.74, 6) is 0. The predicted molar refractivity (Wildman–Crippen MR) is 95.9 cm³/mol. The summed E-state index contributed by atoms with van der Waals surface area (Å²) in [6.45, 7) is 1.91. The molecule has 2 aromatic rings. The molecule has 0 unspecified atom stereocenters. The minimum atomic E-state index is -0.418. The van der Waals surface area contributed by atoms with Gasteiger partial charge in [-0.15, -0.1) is 17.8 Å². The maximum atomic E-state index is 10.7. The van der Waals surface area contributed by atoms with Crippen LogP contribution in [0.25, 0.3) is 4.91 Å². The molecule has 1 heterocycles. The summed E-state index contributed by atoms with van der Waals surface area (Å²) in [5, 5.41) is 16.0. The average Bonchev–Trinajstić information content (AvgIpc) is 3.03.